The van der Waals surface area contributed by atoms with Crippen LogP contribution in [0.25, 0.3) is 0 Å². The van der Waals surface area contributed by atoms with Crippen molar-refractivity contribution in [3.8, 4) is 0 Å². The van der Waals surface area contributed by atoms with Crippen LogP contribution in [0.3, 0.4) is 0 Å². The number of hydrogen-bond acceptors (Lipinski definition) is 6. The number of piperidine rings is 3. The highest BCUT2D eigenvalue weighted by Crippen LogP contribution is 2.42. The molecule has 3 saturated heterocycles. The first-order chi connectivity index (χ1) is 16.8. The Balaban J connectivity index is 0.00000304. The number of urea groups is 1. The lowest BCUT2D eigenvalue weighted by atomic mass is 9.78. The third kappa shape index (κ3) is 4.36. The van der Waals surface area contributed by atoms with Crippen molar-refractivity contribution in [2.75, 3.05) is 18.4 Å². The number of aromatic nitrogens is 1. The summed E-state index contributed by atoms with van der Waals surface area (Å²) >= 11 is 0. The van der Waals surface area contributed by atoms with E-state index in [4.69, 9.17) is 9.26 Å². The van der Waals surface area contributed by atoms with E-state index in [2.05, 4.69) is 10.5 Å². The van der Waals surface area contributed by atoms with Crippen molar-refractivity contribution in [3.63, 3.8) is 0 Å². The molecule has 2 N–H and O–H groups in total. The highest BCUT2D eigenvalue weighted by atomic mass is 79.9. The second-order valence-electron chi connectivity index (χ2n) is 9.62. The fourth-order valence-corrected chi connectivity index (χ4v) is 5.66. The first-order valence-electron chi connectivity index (χ1n) is 12.0. The molecule has 8 nitrogen and oxygen atoms in total. The number of rotatable bonds is 5. The van der Waals surface area contributed by atoms with Crippen LogP contribution in [0.15, 0.2) is 71.3 Å². The number of ether oxygens (including phenoxy) is 1. The summed E-state index contributed by atoms with van der Waals surface area (Å²) in [6.07, 6.45) is 0.999. The summed E-state index contributed by atoms with van der Waals surface area (Å²) in [4.78, 5) is 27.1. The van der Waals surface area contributed by atoms with E-state index in [1.807, 2.05) is 19.1 Å². The molecule has 4 heterocycles. The fourth-order valence-electron chi connectivity index (χ4n) is 5.66. The third-order valence-electron chi connectivity index (χ3n) is 7.71. The number of fused-ring (bicyclic) bond motifs is 3. The summed E-state index contributed by atoms with van der Waals surface area (Å²) in [6.45, 7) is 5.02. The summed E-state index contributed by atoms with van der Waals surface area (Å²) in [7, 11) is 0. The van der Waals surface area contributed by atoms with Gasteiger partial charge in [0.05, 0.1) is 13.1 Å². The van der Waals surface area contributed by atoms with E-state index in [1.54, 1.807) is 61.5 Å². The molecule has 6 rings (SSSR count). The summed E-state index contributed by atoms with van der Waals surface area (Å²) < 4.78 is 11.4. The van der Waals surface area contributed by atoms with E-state index >= 15 is 0 Å². The van der Waals surface area contributed by atoms with Crippen LogP contribution in [0.1, 0.15) is 36.7 Å². The second kappa shape index (κ2) is 10.2. The standard InChI is InChI=1S/C27H29N3O5.BrH/c1-18-17-23(29-35-18)28-26(32)30-15-13-20(14-16-30)24(19(30)2)34-25(31)27(33,21-9-5-3-6-10-21)22-11-7-4-8-12-22;/h3-12,17,19-20,24,33H,13-16H2,1-2H3;1H/t19-,20?,24?,30?;/m1./s1. The lowest BCUT2D eigenvalue weighted by Crippen LogP contribution is -3.00. The zero-order valence-corrected chi connectivity index (χ0v) is 21.8. The van der Waals surface area contributed by atoms with Crippen molar-refractivity contribution in [1.82, 2.24) is 5.16 Å². The number of amides is 2. The molecule has 1 unspecified atom stereocenters. The van der Waals surface area contributed by atoms with Gasteiger partial charge in [-0.15, -0.1) is 0 Å². The molecule has 0 radical (unpaired) electrons. The average Bonchev–Trinajstić information content (AvgIpc) is 3.31. The molecule has 2 bridgehead atoms. The zero-order chi connectivity index (χ0) is 24.6. The predicted molar refractivity (Wildman–Crippen MR) is 128 cm³/mol. The number of halogens is 1. The number of carbonyl (C=O) groups is 2. The van der Waals surface area contributed by atoms with Gasteiger partial charge in [0.2, 0.25) is 5.60 Å². The third-order valence-corrected chi connectivity index (χ3v) is 7.71. The minimum Gasteiger partial charge on any atom is -1.00 e. The molecule has 190 valence electrons. The number of carbonyl (C=O) groups excluding carboxylic acids is 2. The number of aliphatic hydroxyl groups is 1. The first-order valence-corrected chi connectivity index (χ1v) is 12.0. The van der Waals surface area contributed by atoms with Crippen molar-refractivity contribution in [2.24, 2.45) is 5.92 Å². The van der Waals surface area contributed by atoms with Crippen LogP contribution in [0.4, 0.5) is 10.6 Å². The number of quaternary nitrogens is 1. The van der Waals surface area contributed by atoms with Crippen LogP contribution in [0, 0.1) is 12.8 Å². The normalized spacial score (nSPS) is 25.0. The monoisotopic (exact) mass is 555 g/mol. The van der Waals surface area contributed by atoms with Gasteiger partial charge in [0.1, 0.15) is 11.8 Å². The molecule has 3 aromatic rings. The van der Waals surface area contributed by atoms with Crippen LogP contribution in [-0.2, 0) is 15.1 Å². The smallest absolute Gasteiger partial charge is 0.422 e. The minimum absolute atomic E-state index is 0. The molecular weight excluding hydrogens is 526 g/mol. The predicted octanol–water partition coefficient (Wildman–Crippen LogP) is 0.996. The summed E-state index contributed by atoms with van der Waals surface area (Å²) in [6, 6.07) is 18.9. The molecule has 2 aromatic carbocycles. The number of nitrogens with zero attached hydrogens (tertiary/aromatic N) is 2. The van der Waals surface area contributed by atoms with Crippen LogP contribution in [-0.4, -0.2) is 52.0 Å². The number of aryl methyl sites for hydroxylation is 1. The van der Waals surface area contributed by atoms with E-state index < -0.39 is 17.7 Å². The van der Waals surface area contributed by atoms with Crippen LogP contribution in [0.2, 0.25) is 0 Å². The van der Waals surface area contributed by atoms with Gasteiger partial charge >= 0.3 is 12.0 Å². The van der Waals surface area contributed by atoms with E-state index in [1.165, 1.54) is 0 Å². The molecule has 0 saturated carbocycles. The van der Waals surface area contributed by atoms with E-state index in [0.29, 0.717) is 35.8 Å². The molecule has 3 aliphatic heterocycles. The molecule has 3 aliphatic rings. The SMILES string of the molecule is Cc1cc(NC(=O)[N+]23CCC(CC2)C(OC(=O)C(O)(c2ccccc2)c2ccccc2)[C@H]3C)no1.[Br-]. The van der Waals surface area contributed by atoms with Gasteiger partial charge in [0.15, 0.2) is 11.9 Å². The minimum atomic E-state index is -1.96. The Labute approximate surface area is 220 Å². The zero-order valence-electron chi connectivity index (χ0n) is 20.3. The van der Waals surface area contributed by atoms with E-state index in [-0.39, 0.29) is 39.5 Å². The Morgan fingerprint density at radius 1 is 1.06 bits per heavy atom. The highest BCUT2D eigenvalue weighted by Gasteiger charge is 2.58. The van der Waals surface area contributed by atoms with Gasteiger partial charge in [-0.25, -0.2) is 14.1 Å². The Kier molecular flexibility index (Phi) is 7.36. The Morgan fingerprint density at radius 3 is 2.11 bits per heavy atom. The molecule has 36 heavy (non-hydrogen) atoms. The summed E-state index contributed by atoms with van der Waals surface area (Å²) in [5.74, 6) is 0.382. The Bertz CT molecular complexity index is 1170. The first kappa shape index (κ1) is 26.1. The van der Waals surface area contributed by atoms with Gasteiger partial charge in [-0.05, 0) is 25.0 Å². The van der Waals surface area contributed by atoms with Crippen molar-refractivity contribution in [3.05, 3.63) is 83.6 Å². The Morgan fingerprint density at radius 2 is 1.61 bits per heavy atom. The van der Waals surface area contributed by atoms with Gasteiger partial charge in [-0.1, -0.05) is 65.8 Å². The summed E-state index contributed by atoms with van der Waals surface area (Å²) in [5.41, 5.74) is -1.08. The van der Waals surface area contributed by atoms with Gasteiger partial charge < -0.3 is 31.3 Å². The quantitative estimate of drug-likeness (QED) is 0.359. The summed E-state index contributed by atoms with van der Waals surface area (Å²) in [5, 5.41) is 18.6. The molecule has 9 heteroatoms. The Hall–Kier alpha value is -3.01. The number of anilines is 1. The molecule has 2 amide bonds. The van der Waals surface area contributed by atoms with Crippen LogP contribution < -0.4 is 22.3 Å². The number of esters is 1. The molecule has 1 aromatic heterocycles. The molecular formula is C27H30BrN3O5. The topological polar surface area (TPSA) is 102 Å². The molecule has 0 spiro atoms. The fraction of sp³-hybridized carbons (Fsp3) is 0.370. The maximum atomic E-state index is 13.7. The van der Waals surface area contributed by atoms with Gasteiger partial charge in [0, 0.05) is 24.8 Å². The number of benzene rings is 2. The maximum absolute atomic E-state index is 13.7. The lowest BCUT2D eigenvalue weighted by molar-refractivity contribution is -0.893. The highest BCUT2D eigenvalue weighted by molar-refractivity contribution is 5.86. The number of hydrogen-bond donors (Lipinski definition) is 2. The van der Waals surface area contributed by atoms with Crippen LogP contribution in [0.5, 0.6) is 0 Å². The van der Waals surface area contributed by atoms with Crippen LogP contribution >= 0.6 is 0 Å². The lowest BCUT2D eigenvalue weighted by Gasteiger charge is -2.54. The van der Waals surface area contributed by atoms with Gasteiger partial charge in [0.25, 0.3) is 0 Å². The maximum Gasteiger partial charge on any atom is 0.422 e. The van der Waals surface area contributed by atoms with Crippen molar-refractivity contribution in [2.45, 2.75) is 44.4 Å². The molecule has 3 fully saturated rings. The number of nitrogens with one attached hydrogen (secondary N) is 1. The average molecular weight is 556 g/mol. The van der Waals surface area contributed by atoms with Gasteiger partial charge in [-0.3, -0.25) is 5.32 Å². The molecule has 2 atom stereocenters. The molecule has 0 aliphatic carbocycles. The second-order valence-corrected chi connectivity index (χ2v) is 9.62. The van der Waals surface area contributed by atoms with Crippen molar-refractivity contribution >= 4 is 17.8 Å². The van der Waals surface area contributed by atoms with Gasteiger partial charge in [-0.2, -0.15) is 0 Å². The van der Waals surface area contributed by atoms with E-state index in [0.717, 1.165) is 12.8 Å². The van der Waals surface area contributed by atoms with Crippen molar-refractivity contribution < 1.29 is 45.4 Å². The van der Waals surface area contributed by atoms with Crippen molar-refractivity contribution in [1.29, 1.82) is 0 Å². The van der Waals surface area contributed by atoms with E-state index in [9.17, 15) is 14.7 Å². The largest absolute Gasteiger partial charge is 1.00 e.